The maximum absolute atomic E-state index is 12.8. The van der Waals surface area contributed by atoms with Gasteiger partial charge in [0.2, 0.25) is 16.8 Å². The molecule has 0 radical (unpaired) electrons. The van der Waals surface area contributed by atoms with Crippen LogP contribution in [0.1, 0.15) is 26.7 Å². The minimum atomic E-state index is -4.07. The highest BCUT2D eigenvalue weighted by Crippen LogP contribution is 2.58. The van der Waals surface area contributed by atoms with Crippen molar-refractivity contribution >= 4 is 36.3 Å². The van der Waals surface area contributed by atoms with Crippen molar-refractivity contribution in [3.63, 3.8) is 0 Å². The van der Waals surface area contributed by atoms with Gasteiger partial charge in [-0.2, -0.15) is 0 Å². The van der Waals surface area contributed by atoms with Crippen LogP contribution in [0.2, 0.25) is 0 Å². The monoisotopic (exact) mass is 430 g/mol. The van der Waals surface area contributed by atoms with Crippen LogP contribution < -0.4 is 0 Å². The smallest absolute Gasteiger partial charge is 0.325 e. The first-order valence-electron chi connectivity index (χ1n) is 8.17. The Morgan fingerprint density at radius 3 is 1.73 bits per heavy atom. The van der Waals surface area contributed by atoms with Crippen LogP contribution in [-0.4, -0.2) is 56.1 Å². The van der Waals surface area contributed by atoms with Crippen molar-refractivity contribution in [2.45, 2.75) is 32.8 Å². The highest BCUT2D eigenvalue weighted by atomic mass is 31.2. The Kier molecular flexibility index (Phi) is 6.89. The molecule has 2 aliphatic heterocycles. The van der Waals surface area contributed by atoms with Gasteiger partial charge in [0.25, 0.3) is 0 Å². The van der Waals surface area contributed by atoms with E-state index in [-0.39, 0.29) is 26.1 Å². The van der Waals surface area contributed by atoms with Crippen LogP contribution in [0.4, 0.5) is 0 Å². The molecular weight excluding hydrogens is 405 g/mol. The van der Waals surface area contributed by atoms with E-state index in [1.807, 2.05) is 0 Å². The molecule has 0 spiro atoms. The van der Waals surface area contributed by atoms with E-state index in [1.54, 1.807) is 27.2 Å². The predicted octanol–water partition coefficient (Wildman–Crippen LogP) is 3.01. The molecule has 1 N–H and O–H groups in total. The van der Waals surface area contributed by atoms with Crippen molar-refractivity contribution in [1.82, 2.24) is 0 Å². The Morgan fingerprint density at radius 1 is 1.08 bits per heavy atom. The Labute approximate surface area is 155 Å². The molecule has 26 heavy (non-hydrogen) atoms. The maximum Gasteiger partial charge on any atom is 0.325 e. The third-order valence-electron chi connectivity index (χ3n) is 4.81. The summed E-state index contributed by atoms with van der Waals surface area (Å²) in [6.45, 7) is 7.56. The second-order valence-electron chi connectivity index (χ2n) is 6.49. The largest absolute Gasteiger partial charge is 0.417 e. The van der Waals surface area contributed by atoms with Crippen LogP contribution in [0.5, 0.6) is 0 Å². The van der Waals surface area contributed by atoms with Gasteiger partial charge in [-0.3, -0.25) is 14.2 Å². The molecule has 0 saturated carbocycles. The summed E-state index contributed by atoms with van der Waals surface area (Å²) in [6.07, 6.45) is -0.913. The Balaban J connectivity index is 2.56. The highest BCUT2D eigenvalue weighted by molar-refractivity contribution is 7.52. The van der Waals surface area contributed by atoms with Gasteiger partial charge in [0.15, 0.2) is 0 Å². The number of hydrogen-bond acceptors (Lipinski definition) is 8. The van der Waals surface area contributed by atoms with Gasteiger partial charge >= 0.3 is 19.5 Å². The van der Waals surface area contributed by atoms with E-state index in [9.17, 15) is 19.0 Å². The summed E-state index contributed by atoms with van der Waals surface area (Å²) in [4.78, 5) is 35.6. The van der Waals surface area contributed by atoms with E-state index in [4.69, 9.17) is 22.6 Å². The first-order chi connectivity index (χ1) is 12.0. The predicted molar refractivity (Wildman–Crippen MR) is 95.8 cm³/mol. The minimum Gasteiger partial charge on any atom is -0.417 e. The summed E-state index contributed by atoms with van der Waals surface area (Å²) in [6, 6.07) is 0. The molecule has 0 aromatic heterocycles. The van der Waals surface area contributed by atoms with Crippen molar-refractivity contribution < 1.29 is 41.7 Å². The number of rotatable bonds is 6. The summed E-state index contributed by atoms with van der Waals surface area (Å²) in [5.74, 6) is -1.22. The maximum atomic E-state index is 12.8. The van der Waals surface area contributed by atoms with Crippen LogP contribution in [0.25, 0.3) is 0 Å². The standard InChI is InChI=1S/C14H25O9P3/c1-6-13(8-19-24(3)21-11(13)15)10(23-26(5,17)18)14(7-2)9-20-25(4)22-12(14)16/h10H,6-9H2,1-5H3,(H,17,18). The molecule has 5 atom stereocenters. The van der Waals surface area contributed by atoms with Crippen molar-refractivity contribution in [3.8, 4) is 0 Å². The summed E-state index contributed by atoms with van der Waals surface area (Å²) in [5.41, 5.74) is -2.84. The van der Waals surface area contributed by atoms with E-state index in [0.717, 1.165) is 6.66 Å². The quantitative estimate of drug-likeness (QED) is 0.635. The highest BCUT2D eigenvalue weighted by Gasteiger charge is 2.64. The van der Waals surface area contributed by atoms with Gasteiger partial charge in [-0.1, -0.05) is 13.8 Å². The van der Waals surface area contributed by atoms with Gasteiger partial charge in [-0.05, 0) is 12.8 Å². The first kappa shape index (κ1) is 22.2. The Morgan fingerprint density at radius 2 is 1.46 bits per heavy atom. The molecule has 2 rings (SSSR count). The first-order valence-corrected chi connectivity index (χ1v) is 13.4. The fraction of sp³-hybridized carbons (Fsp3) is 0.857. The molecule has 0 aromatic rings. The molecule has 0 bridgehead atoms. The second kappa shape index (κ2) is 8.08. The lowest BCUT2D eigenvalue weighted by Gasteiger charge is -2.49. The van der Waals surface area contributed by atoms with Gasteiger partial charge in [-0.25, -0.2) is 0 Å². The zero-order valence-electron chi connectivity index (χ0n) is 15.5. The summed E-state index contributed by atoms with van der Waals surface area (Å²) in [7, 11) is -6.85. The van der Waals surface area contributed by atoms with Crippen LogP contribution in [0.3, 0.4) is 0 Å². The Bertz CT molecular complexity index is 568. The molecule has 12 heteroatoms. The summed E-state index contributed by atoms with van der Waals surface area (Å²) >= 11 is 0. The average molecular weight is 430 g/mol. The molecule has 2 heterocycles. The number of carbonyl (C=O) groups is 2. The molecular formula is C14H25O9P3. The lowest BCUT2D eigenvalue weighted by molar-refractivity contribution is -0.185. The van der Waals surface area contributed by atoms with Crippen molar-refractivity contribution in [3.05, 3.63) is 0 Å². The fourth-order valence-corrected chi connectivity index (χ4v) is 5.71. The third kappa shape index (κ3) is 4.15. The molecule has 2 fully saturated rings. The zero-order valence-corrected chi connectivity index (χ0v) is 18.1. The van der Waals surface area contributed by atoms with Crippen molar-refractivity contribution in [2.75, 3.05) is 33.2 Å². The lowest BCUT2D eigenvalue weighted by Crippen LogP contribution is -2.61. The average Bonchev–Trinajstić information content (AvgIpc) is 2.54. The topological polar surface area (TPSA) is 118 Å². The third-order valence-corrected chi connectivity index (χ3v) is 7.24. The second-order valence-corrected chi connectivity index (χ2v) is 10.9. The van der Waals surface area contributed by atoms with Crippen LogP contribution in [-0.2, 0) is 36.8 Å². The molecule has 0 aliphatic carbocycles. The molecule has 0 aromatic carbocycles. The van der Waals surface area contributed by atoms with Gasteiger partial charge in [-0.15, -0.1) is 0 Å². The molecule has 0 amide bonds. The molecule has 2 aliphatic rings. The molecule has 5 unspecified atom stereocenters. The number of carbonyl (C=O) groups excluding carboxylic acids is 2. The molecule has 2 saturated heterocycles. The summed E-state index contributed by atoms with van der Waals surface area (Å²) in [5, 5.41) is 0. The fourth-order valence-electron chi connectivity index (χ4n) is 3.15. The van der Waals surface area contributed by atoms with E-state index < -0.39 is 53.2 Å². The zero-order chi connectivity index (χ0) is 19.8. The lowest BCUT2D eigenvalue weighted by atomic mass is 9.66. The minimum absolute atomic E-state index is 0.0783. The number of hydrogen-bond donors (Lipinski definition) is 1. The van der Waals surface area contributed by atoms with E-state index >= 15 is 0 Å². The molecule has 9 nitrogen and oxygen atoms in total. The van der Waals surface area contributed by atoms with E-state index in [2.05, 4.69) is 0 Å². The van der Waals surface area contributed by atoms with Gasteiger partial charge in [0.1, 0.15) is 16.9 Å². The van der Waals surface area contributed by atoms with E-state index in [1.165, 1.54) is 0 Å². The van der Waals surface area contributed by atoms with Crippen molar-refractivity contribution in [2.24, 2.45) is 10.8 Å². The SMILES string of the molecule is CCC1(C(OP(C)(=O)O)C2(CC)COP(C)OC2=O)COP(C)OC1=O. The van der Waals surface area contributed by atoms with Gasteiger partial charge in [0, 0.05) is 20.0 Å². The molecule has 150 valence electrons. The normalized spacial score (nSPS) is 38.8. The Hall–Kier alpha value is -0.130. The van der Waals surface area contributed by atoms with Crippen molar-refractivity contribution in [1.29, 1.82) is 0 Å². The van der Waals surface area contributed by atoms with Gasteiger partial charge in [0.05, 0.1) is 13.2 Å². The van der Waals surface area contributed by atoms with Gasteiger partial charge < -0.3 is 27.5 Å². The van der Waals surface area contributed by atoms with Crippen LogP contribution >= 0.6 is 24.3 Å². The van der Waals surface area contributed by atoms with Crippen LogP contribution in [0, 0.1) is 10.8 Å². The van der Waals surface area contributed by atoms with E-state index in [0.29, 0.717) is 0 Å². The summed E-state index contributed by atoms with van der Waals surface area (Å²) < 4.78 is 39.3. The van der Waals surface area contributed by atoms with Crippen LogP contribution in [0.15, 0.2) is 0 Å².